The second-order valence-electron chi connectivity index (χ2n) is 8.83. The number of unbranched alkanes of at least 4 members (excludes halogenated alkanes) is 12. The summed E-state index contributed by atoms with van der Waals surface area (Å²) in [6.45, 7) is 4.97. The summed E-state index contributed by atoms with van der Waals surface area (Å²) in [5.41, 5.74) is 0. The van der Waals surface area contributed by atoms with Crippen LogP contribution in [0.4, 0.5) is 0 Å². The lowest BCUT2D eigenvalue weighted by Crippen LogP contribution is -2.50. The van der Waals surface area contributed by atoms with Gasteiger partial charge in [0.1, 0.15) is 0 Å². The summed E-state index contributed by atoms with van der Waals surface area (Å²) in [6, 6.07) is -0.0185. The molecule has 0 saturated heterocycles. The van der Waals surface area contributed by atoms with E-state index in [0.717, 1.165) is 25.7 Å². The molecule has 0 spiro atoms. The summed E-state index contributed by atoms with van der Waals surface area (Å²) in [6.07, 6.45) is 19.2. The van der Waals surface area contributed by atoms with E-state index in [-0.39, 0.29) is 12.0 Å². The third-order valence-electron chi connectivity index (χ3n) is 5.28. The van der Waals surface area contributed by atoms with E-state index in [1.165, 1.54) is 70.6 Å². The van der Waals surface area contributed by atoms with Crippen LogP contribution in [0, 0.1) is 0 Å². The summed E-state index contributed by atoms with van der Waals surface area (Å²) < 4.78 is 6.14. The van der Waals surface area contributed by atoms with E-state index in [0.29, 0.717) is 11.1 Å². The van der Waals surface area contributed by atoms with Gasteiger partial charge in [0.2, 0.25) is 0 Å². The largest absolute Gasteiger partial charge is 0.461 e. The molecule has 0 aromatic carbocycles. The lowest BCUT2D eigenvalue weighted by molar-refractivity contribution is -0.887. The Morgan fingerprint density at radius 3 is 1.54 bits per heavy atom. The van der Waals surface area contributed by atoms with Crippen LogP contribution in [-0.4, -0.2) is 44.2 Å². The van der Waals surface area contributed by atoms with Gasteiger partial charge in [0.25, 0.3) is 0 Å². The van der Waals surface area contributed by atoms with E-state index in [1.54, 1.807) is 0 Å². The van der Waals surface area contributed by atoms with E-state index in [9.17, 15) is 4.79 Å². The number of hydrogen-bond acceptors (Lipinski definition) is 2. The van der Waals surface area contributed by atoms with Crippen molar-refractivity contribution in [2.75, 3.05) is 27.7 Å². The first-order valence-electron chi connectivity index (χ1n) is 11.4. The molecular weight excluding hydrogens is 322 g/mol. The van der Waals surface area contributed by atoms with Crippen LogP contribution in [0.1, 0.15) is 110 Å². The fourth-order valence-electron chi connectivity index (χ4n) is 3.41. The first kappa shape index (κ1) is 25.4. The van der Waals surface area contributed by atoms with E-state index >= 15 is 0 Å². The number of quaternary nitrogens is 1. The Kier molecular flexibility index (Phi) is 16.2. The third-order valence-corrected chi connectivity index (χ3v) is 5.28. The molecule has 0 aliphatic rings. The quantitative estimate of drug-likeness (QED) is 0.156. The smallest absolute Gasteiger partial charge is 0.364 e. The van der Waals surface area contributed by atoms with Crippen LogP contribution in [0.2, 0.25) is 0 Å². The van der Waals surface area contributed by atoms with E-state index in [2.05, 4.69) is 35.0 Å². The van der Waals surface area contributed by atoms with Gasteiger partial charge in [-0.25, -0.2) is 4.79 Å². The number of ether oxygens (including phenoxy) is 1. The maximum Gasteiger partial charge on any atom is 0.364 e. The summed E-state index contributed by atoms with van der Waals surface area (Å²) in [4.78, 5) is 12.4. The third kappa shape index (κ3) is 14.6. The fourth-order valence-corrected chi connectivity index (χ4v) is 3.41. The van der Waals surface area contributed by atoms with Crippen molar-refractivity contribution >= 4 is 5.97 Å². The van der Waals surface area contributed by atoms with Crippen molar-refractivity contribution in [1.82, 2.24) is 0 Å². The van der Waals surface area contributed by atoms with Crippen LogP contribution in [0.3, 0.4) is 0 Å². The molecule has 0 aliphatic heterocycles. The maximum atomic E-state index is 12.4. The van der Waals surface area contributed by atoms with Gasteiger partial charge in [-0.15, -0.1) is 0 Å². The molecule has 0 heterocycles. The monoisotopic (exact) mass is 370 g/mol. The number of carbonyl (C=O) groups is 1. The minimum atomic E-state index is -0.0185. The summed E-state index contributed by atoms with van der Waals surface area (Å²) >= 11 is 0. The number of carbonyl (C=O) groups excluding carboxylic acids is 1. The molecule has 0 N–H and O–H groups in total. The van der Waals surface area contributed by atoms with Crippen molar-refractivity contribution in [2.24, 2.45) is 0 Å². The van der Waals surface area contributed by atoms with Crippen molar-refractivity contribution in [3.05, 3.63) is 0 Å². The molecule has 0 unspecified atom stereocenters. The van der Waals surface area contributed by atoms with Gasteiger partial charge in [0, 0.05) is 6.42 Å². The highest BCUT2D eigenvalue weighted by atomic mass is 16.5. The molecule has 0 aromatic heterocycles. The van der Waals surface area contributed by atoms with Crippen molar-refractivity contribution in [2.45, 2.75) is 116 Å². The van der Waals surface area contributed by atoms with Crippen LogP contribution in [0.15, 0.2) is 0 Å². The van der Waals surface area contributed by atoms with Crippen LogP contribution < -0.4 is 0 Å². The standard InChI is InChI=1S/C23H48NO2/c1-6-8-10-11-12-13-14-15-16-17-18-19-20-22(24(3,4)5)23(25)26-21-9-7-2/h22H,6-21H2,1-5H3/q+1/t22-/m0/s1. The maximum absolute atomic E-state index is 12.4. The molecule has 0 aliphatic carbocycles. The highest BCUT2D eigenvalue weighted by Gasteiger charge is 2.32. The Morgan fingerprint density at radius 2 is 1.12 bits per heavy atom. The Labute approximate surface area is 164 Å². The van der Waals surface area contributed by atoms with Crippen LogP contribution in [0.5, 0.6) is 0 Å². The zero-order valence-corrected chi connectivity index (χ0v) is 18.7. The van der Waals surface area contributed by atoms with Gasteiger partial charge in [-0.2, -0.15) is 0 Å². The molecule has 0 rings (SSSR count). The molecule has 0 saturated carbocycles. The van der Waals surface area contributed by atoms with E-state index < -0.39 is 0 Å². The molecular formula is C23H48NO2+. The van der Waals surface area contributed by atoms with Crippen LogP contribution in [0.25, 0.3) is 0 Å². The van der Waals surface area contributed by atoms with Crippen molar-refractivity contribution < 1.29 is 14.0 Å². The van der Waals surface area contributed by atoms with Crippen molar-refractivity contribution in [3.63, 3.8) is 0 Å². The molecule has 0 aromatic rings. The predicted octanol–water partition coefficient (Wildman–Crippen LogP) is 6.50. The zero-order valence-electron chi connectivity index (χ0n) is 18.7. The van der Waals surface area contributed by atoms with Gasteiger partial charge in [-0.05, 0) is 12.8 Å². The number of likely N-dealkylation sites (N-methyl/N-ethyl adjacent to an activating group) is 1. The Hall–Kier alpha value is -0.570. The van der Waals surface area contributed by atoms with Gasteiger partial charge in [-0.3, -0.25) is 0 Å². The summed E-state index contributed by atoms with van der Waals surface area (Å²) in [5, 5.41) is 0. The molecule has 156 valence electrons. The highest BCUT2D eigenvalue weighted by Crippen LogP contribution is 2.17. The number of hydrogen-bond donors (Lipinski definition) is 0. The average molecular weight is 371 g/mol. The zero-order chi connectivity index (χ0) is 19.7. The average Bonchev–Trinajstić information content (AvgIpc) is 2.58. The topological polar surface area (TPSA) is 26.3 Å². The fraction of sp³-hybridized carbons (Fsp3) is 0.957. The molecule has 0 bridgehead atoms. The van der Waals surface area contributed by atoms with Crippen LogP contribution >= 0.6 is 0 Å². The second kappa shape index (κ2) is 16.6. The molecule has 0 radical (unpaired) electrons. The highest BCUT2D eigenvalue weighted by molar-refractivity contribution is 5.74. The Morgan fingerprint density at radius 1 is 0.692 bits per heavy atom. The lowest BCUT2D eigenvalue weighted by atomic mass is 10.0. The van der Waals surface area contributed by atoms with Crippen molar-refractivity contribution in [3.8, 4) is 0 Å². The second-order valence-corrected chi connectivity index (χ2v) is 8.83. The minimum Gasteiger partial charge on any atom is -0.461 e. The van der Waals surface area contributed by atoms with Gasteiger partial charge in [-0.1, -0.05) is 90.9 Å². The van der Waals surface area contributed by atoms with Gasteiger partial charge in [0.15, 0.2) is 6.04 Å². The molecule has 26 heavy (non-hydrogen) atoms. The minimum absolute atomic E-state index is 0.00553. The first-order valence-corrected chi connectivity index (χ1v) is 11.4. The molecule has 1 atom stereocenters. The normalized spacial score (nSPS) is 13.0. The Balaban J connectivity index is 3.72. The first-order chi connectivity index (χ1) is 12.4. The van der Waals surface area contributed by atoms with E-state index in [1.807, 2.05) is 0 Å². The molecule has 0 fully saturated rings. The number of esters is 1. The number of nitrogens with zero attached hydrogens (tertiary/aromatic N) is 1. The van der Waals surface area contributed by atoms with Gasteiger partial charge in [0.05, 0.1) is 27.7 Å². The predicted molar refractivity (Wildman–Crippen MR) is 113 cm³/mol. The van der Waals surface area contributed by atoms with Gasteiger partial charge < -0.3 is 9.22 Å². The Bertz CT molecular complexity index is 323. The molecule has 0 amide bonds. The lowest BCUT2D eigenvalue weighted by Gasteiger charge is -2.32. The molecule has 3 heteroatoms. The van der Waals surface area contributed by atoms with Crippen LogP contribution in [-0.2, 0) is 9.53 Å². The SMILES string of the molecule is CCCCCCCCCCCCCC[C@@H](C(=O)OCCCC)[N+](C)(C)C. The number of rotatable bonds is 18. The van der Waals surface area contributed by atoms with Gasteiger partial charge >= 0.3 is 5.97 Å². The summed E-state index contributed by atoms with van der Waals surface area (Å²) in [7, 11) is 6.31. The summed E-state index contributed by atoms with van der Waals surface area (Å²) in [5.74, 6) is -0.00553. The van der Waals surface area contributed by atoms with E-state index in [4.69, 9.17) is 4.74 Å². The van der Waals surface area contributed by atoms with Crippen molar-refractivity contribution in [1.29, 1.82) is 0 Å². The molecule has 3 nitrogen and oxygen atoms in total.